The van der Waals surface area contributed by atoms with Crippen molar-refractivity contribution in [3.05, 3.63) is 0 Å². The Hall–Kier alpha value is 3.83. The zero-order valence-corrected chi connectivity index (χ0v) is 10.6. The molecule has 1 saturated heterocycles. The van der Waals surface area contributed by atoms with Gasteiger partial charge in [-0.1, -0.05) is 0 Å². The highest BCUT2D eigenvalue weighted by Crippen LogP contribution is 1.62. The molecule has 0 radical (unpaired) electrons. The summed E-state index contributed by atoms with van der Waals surface area (Å²) in [7, 11) is 0. The first kappa shape index (κ1) is 6.94. The molecule has 5 heteroatoms. The van der Waals surface area contributed by atoms with E-state index in [1.807, 2.05) is 0 Å². The summed E-state index contributed by atoms with van der Waals surface area (Å²) in [5.74, 6) is 0. The largest absolute Gasteiger partial charge is 0 e. The van der Waals surface area contributed by atoms with Crippen molar-refractivity contribution in [1.29, 1.82) is 0 Å². The minimum Gasteiger partial charge on any atom is 0 e. The molecule has 1 heterocycles. The Labute approximate surface area is 62.7 Å². The zero-order valence-electron chi connectivity index (χ0n) is 3.54. The average Bonchev–Trinajstić information content (AvgIpc) is 1.76. The van der Waals surface area contributed by atoms with E-state index in [2.05, 4.69) is 0 Å². The number of hydrogen-bond acceptors (Lipinski definition) is 0. The normalized spacial score (nSPS) is 8.00. The summed E-state index contributed by atoms with van der Waals surface area (Å²) in [6.07, 6.45) is 0. The van der Waals surface area contributed by atoms with Crippen molar-refractivity contribution >= 4 is 65.3 Å². The highest BCUT2D eigenvalue weighted by atomic mass is 26.3. The van der Waals surface area contributed by atoms with Crippen molar-refractivity contribution in [3.63, 3.8) is 0 Å². The van der Waals surface area contributed by atoms with Gasteiger partial charge in [0.15, 0.2) is 0 Å². The molecule has 1 fully saturated rings. The van der Waals surface area contributed by atoms with Gasteiger partial charge in [0, 0.05) is 65.3 Å². The monoisotopic (exact) mass is 120 g/mol. The molecule has 5 heavy (non-hydrogen) atoms. The third-order valence-corrected chi connectivity index (χ3v) is 101. The second kappa shape index (κ2) is 4.69. The fourth-order valence-electron chi connectivity index (χ4n) is 0.884. The second-order valence-corrected chi connectivity index (χ2v) is 47.7. The SMILES string of the molecule is [Mg]1[Mg][Mg][Mg][Mg]1. The van der Waals surface area contributed by atoms with Crippen LogP contribution in [0.2, 0.25) is 0 Å². The second-order valence-electron chi connectivity index (χ2n) is 1.77. The van der Waals surface area contributed by atoms with Crippen molar-refractivity contribution in [2.75, 3.05) is 0 Å². The molecule has 1 aliphatic rings. The van der Waals surface area contributed by atoms with E-state index in [9.17, 15) is 0 Å². The molecule has 0 aromatic carbocycles. The first-order chi connectivity index (χ1) is 2.50. The molecule has 0 nitrogen and oxygen atoms in total. The average molecular weight is 122 g/mol. The summed E-state index contributed by atoms with van der Waals surface area (Å²) in [5.41, 5.74) is 0. The molecule has 0 unspecified atom stereocenters. The van der Waals surface area contributed by atoms with E-state index in [-0.39, 0.29) is 0 Å². The molecule has 0 aliphatic carbocycles. The first-order valence-corrected chi connectivity index (χ1v) is 22.5. The van der Waals surface area contributed by atoms with Gasteiger partial charge in [-0.2, -0.15) is 0 Å². The molecule has 1 aliphatic heterocycles. The summed E-state index contributed by atoms with van der Waals surface area (Å²) in [6, 6.07) is 0. The summed E-state index contributed by atoms with van der Waals surface area (Å²) < 4.78 is 0. The van der Waals surface area contributed by atoms with E-state index in [1.54, 1.807) is 0 Å². The third kappa shape index (κ3) is 3.41. The van der Waals surface area contributed by atoms with E-state index < -0.39 is 0 Å². The van der Waals surface area contributed by atoms with Gasteiger partial charge in [0.25, 0.3) is 0 Å². The van der Waals surface area contributed by atoms with E-state index in [0.717, 1.165) is 65.3 Å². The van der Waals surface area contributed by atoms with E-state index in [4.69, 9.17) is 0 Å². The Kier molecular flexibility index (Phi) is 6.51. The van der Waals surface area contributed by atoms with E-state index in [0.29, 0.717) is 0 Å². The molecule has 0 bridgehead atoms. The fourth-order valence-corrected chi connectivity index (χ4v) is 215. The summed E-state index contributed by atoms with van der Waals surface area (Å²) in [5, 5.41) is 0. The van der Waals surface area contributed by atoms with Crippen molar-refractivity contribution in [3.8, 4) is 0 Å². The Morgan fingerprint density at radius 2 is 0.600 bits per heavy atom. The van der Waals surface area contributed by atoms with Crippen molar-refractivity contribution in [2.24, 2.45) is 0 Å². The maximum atomic E-state index is 0.944. The molecule has 0 amide bonds. The lowest BCUT2D eigenvalue weighted by Gasteiger charge is -1.62. The standard InChI is InChI=1S/5Mg. The van der Waals surface area contributed by atoms with Gasteiger partial charge in [0.1, 0.15) is 0 Å². The van der Waals surface area contributed by atoms with Gasteiger partial charge >= 0.3 is 0 Å². The highest BCUT2D eigenvalue weighted by molar-refractivity contribution is 7.76. The molecule has 0 N–H and O–H groups in total. The van der Waals surface area contributed by atoms with Crippen LogP contribution in [-0.4, -0.2) is 65.3 Å². The Balaban J connectivity index is 2.08. The van der Waals surface area contributed by atoms with Crippen LogP contribution in [0, 0.1) is 0 Å². The molecule has 0 aromatic rings. The molecule has 0 aromatic heterocycles. The van der Waals surface area contributed by atoms with Crippen molar-refractivity contribution in [2.45, 2.75) is 0 Å². The maximum Gasteiger partial charge on any atom is 0 e. The Morgan fingerprint density at radius 1 is 0.400 bits per heavy atom. The Morgan fingerprint density at radius 3 is 0.800 bits per heavy atom. The zero-order chi connectivity index (χ0) is 3.54. The van der Waals surface area contributed by atoms with E-state index in [1.165, 1.54) is 0 Å². The molecular formula is Mg5. The molecule has 10 valence electrons. The quantitative estimate of drug-likeness (QED) is 0.329. The van der Waals surface area contributed by atoms with Crippen LogP contribution in [-0.2, 0) is 0 Å². The predicted octanol–water partition coefficient (Wildman–Crippen LogP) is -1.90. The smallest absolute Gasteiger partial charge is 0 e. The Bertz CT molecular complexity index is 11.6. The lowest BCUT2D eigenvalue weighted by Crippen LogP contribution is -2.00. The van der Waals surface area contributed by atoms with E-state index >= 15 is 0 Å². The minimum atomic E-state index is 0.944. The summed E-state index contributed by atoms with van der Waals surface area (Å²) in [6.45, 7) is 0. The van der Waals surface area contributed by atoms with Crippen LogP contribution < -0.4 is 0 Å². The van der Waals surface area contributed by atoms with Gasteiger partial charge in [0.2, 0.25) is 0 Å². The van der Waals surface area contributed by atoms with Gasteiger partial charge in [-0.15, -0.1) is 0 Å². The van der Waals surface area contributed by atoms with Gasteiger partial charge < -0.3 is 0 Å². The molecule has 0 spiro atoms. The van der Waals surface area contributed by atoms with Crippen LogP contribution in [0.4, 0.5) is 0 Å². The van der Waals surface area contributed by atoms with Crippen molar-refractivity contribution in [1.82, 2.24) is 0 Å². The molecule has 0 atom stereocenters. The van der Waals surface area contributed by atoms with Crippen LogP contribution in [0.25, 0.3) is 0 Å². The van der Waals surface area contributed by atoms with Crippen LogP contribution in [0.1, 0.15) is 0 Å². The van der Waals surface area contributed by atoms with Crippen LogP contribution in [0.15, 0.2) is 0 Å². The minimum absolute atomic E-state index is 0.944. The summed E-state index contributed by atoms with van der Waals surface area (Å²) in [4.78, 5) is 0. The van der Waals surface area contributed by atoms with Crippen LogP contribution in [0.5, 0.6) is 0 Å². The van der Waals surface area contributed by atoms with Gasteiger partial charge in [-0.05, 0) is 0 Å². The maximum absolute atomic E-state index is 0.944. The van der Waals surface area contributed by atoms with Crippen LogP contribution in [0.3, 0.4) is 0 Å². The predicted molar refractivity (Wildman–Crippen MR) is 28.8 cm³/mol. The molecule has 0 saturated carbocycles. The van der Waals surface area contributed by atoms with Gasteiger partial charge in [-0.25, -0.2) is 0 Å². The van der Waals surface area contributed by atoms with Gasteiger partial charge in [0.05, 0.1) is 0 Å². The number of hydrogen-bond donors (Lipinski definition) is 0. The fraction of sp³-hybridized carbons (Fsp3) is 0. The topological polar surface area (TPSA) is 0 Å². The first-order valence-electron chi connectivity index (χ1n) is 2.50. The van der Waals surface area contributed by atoms with Gasteiger partial charge in [-0.3, -0.25) is 0 Å². The molecule has 1 rings (SSSR count). The lowest BCUT2D eigenvalue weighted by molar-refractivity contribution is 4.14. The highest BCUT2D eigenvalue weighted by Gasteiger charge is 2.00. The molecular weight excluding hydrogens is 122 g/mol. The van der Waals surface area contributed by atoms with Crippen LogP contribution >= 0.6 is 0 Å². The lowest BCUT2D eigenvalue weighted by atomic mass is 22.7. The number of rotatable bonds is 0. The third-order valence-electron chi connectivity index (χ3n) is 1.25. The summed E-state index contributed by atoms with van der Waals surface area (Å²) >= 11 is 4.72. The van der Waals surface area contributed by atoms with Crippen molar-refractivity contribution < 1.29 is 0 Å².